The van der Waals surface area contributed by atoms with Gasteiger partial charge >= 0.3 is 0 Å². The van der Waals surface area contributed by atoms with Crippen molar-refractivity contribution in [3.63, 3.8) is 0 Å². The standard InChI is InChI=1S/C19H26N4OS2/c25-19(20-8-4-9-22-11-13-24-14-12-22)23-10-3-6-16(23)18-21-15-5-1-2-7-17(15)26-18/h1-2,5,7,16H,3-4,6,8-14H2,(H,20,25)/p+1/t16-/m0/s1. The molecular weight excluding hydrogens is 364 g/mol. The predicted octanol–water partition coefficient (Wildman–Crippen LogP) is 1.61. The Balaban J connectivity index is 1.30. The summed E-state index contributed by atoms with van der Waals surface area (Å²) in [5.74, 6) is 0. The molecule has 2 N–H and O–H groups in total. The number of rotatable bonds is 5. The van der Waals surface area contributed by atoms with Crippen molar-refractivity contribution in [3.05, 3.63) is 29.3 Å². The molecule has 2 saturated heterocycles. The number of quaternary nitrogens is 1. The van der Waals surface area contributed by atoms with Gasteiger partial charge in [0.1, 0.15) is 18.1 Å². The number of likely N-dealkylation sites (tertiary alicyclic amines) is 1. The molecule has 2 fully saturated rings. The number of nitrogens with one attached hydrogen (secondary N) is 2. The second-order valence-electron chi connectivity index (χ2n) is 7.07. The van der Waals surface area contributed by atoms with E-state index in [2.05, 4.69) is 34.5 Å². The molecule has 5 nitrogen and oxygen atoms in total. The number of benzene rings is 1. The number of fused-ring (bicyclic) bond motifs is 1. The van der Waals surface area contributed by atoms with Crippen LogP contribution < -0.4 is 10.2 Å². The Kier molecular flexibility index (Phi) is 5.99. The minimum Gasteiger partial charge on any atom is -0.370 e. The number of ether oxygens (including phenoxy) is 1. The highest BCUT2D eigenvalue weighted by Gasteiger charge is 2.30. The fraction of sp³-hybridized carbons (Fsp3) is 0.579. The van der Waals surface area contributed by atoms with Gasteiger partial charge in [0.15, 0.2) is 5.11 Å². The van der Waals surface area contributed by atoms with Gasteiger partial charge in [0.25, 0.3) is 0 Å². The summed E-state index contributed by atoms with van der Waals surface area (Å²) in [4.78, 5) is 8.85. The van der Waals surface area contributed by atoms with Gasteiger partial charge in [-0.25, -0.2) is 4.98 Å². The lowest BCUT2D eigenvalue weighted by Crippen LogP contribution is -3.14. The van der Waals surface area contributed by atoms with Crippen molar-refractivity contribution in [2.75, 3.05) is 45.9 Å². The largest absolute Gasteiger partial charge is 0.370 e. The molecule has 0 unspecified atom stereocenters. The van der Waals surface area contributed by atoms with E-state index in [4.69, 9.17) is 21.9 Å². The summed E-state index contributed by atoms with van der Waals surface area (Å²) in [5, 5.41) is 5.58. The Bertz CT molecular complexity index is 711. The Hall–Kier alpha value is -1.28. The van der Waals surface area contributed by atoms with Gasteiger partial charge in [-0.3, -0.25) is 0 Å². The molecule has 1 aromatic carbocycles. The van der Waals surface area contributed by atoms with Gasteiger partial charge in [0.05, 0.1) is 36.0 Å². The second kappa shape index (κ2) is 8.61. The van der Waals surface area contributed by atoms with Crippen LogP contribution in [0.2, 0.25) is 0 Å². The van der Waals surface area contributed by atoms with E-state index in [9.17, 15) is 0 Å². The first-order chi connectivity index (χ1) is 12.8. The number of para-hydroxylation sites is 1. The average molecular weight is 392 g/mol. The highest BCUT2D eigenvalue weighted by atomic mass is 32.1. The van der Waals surface area contributed by atoms with E-state index in [1.165, 1.54) is 22.7 Å². The number of nitrogens with zero attached hydrogens (tertiary/aromatic N) is 2. The summed E-state index contributed by atoms with van der Waals surface area (Å²) >= 11 is 7.51. The van der Waals surface area contributed by atoms with E-state index < -0.39 is 0 Å². The zero-order valence-corrected chi connectivity index (χ0v) is 16.7. The van der Waals surface area contributed by atoms with Crippen LogP contribution in [0.15, 0.2) is 24.3 Å². The Labute approximate surface area is 164 Å². The second-order valence-corrected chi connectivity index (χ2v) is 8.52. The molecule has 4 rings (SSSR count). The molecular formula is C19H27N4OS2+. The van der Waals surface area contributed by atoms with E-state index in [1.807, 2.05) is 11.3 Å². The van der Waals surface area contributed by atoms with Crippen LogP contribution in [0.1, 0.15) is 30.3 Å². The predicted molar refractivity (Wildman–Crippen MR) is 110 cm³/mol. The zero-order chi connectivity index (χ0) is 17.8. The molecule has 26 heavy (non-hydrogen) atoms. The van der Waals surface area contributed by atoms with Gasteiger partial charge in [0.2, 0.25) is 0 Å². The third-order valence-electron chi connectivity index (χ3n) is 5.29. The summed E-state index contributed by atoms with van der Waals surface area (Å²) in [6.45, 7) is 7.25. The number of thiocarbonyl (C=S) groups is 1. The summed E-state index contributed by atoms with van der Waals surface area (Å²) in [7, 11) is 0. The molecule has 140 valence electrons. The first-order valence-corrected chi connectivity index (χ1v) is 10.8. The molecule has 0 radical (unpaired) electrons. The summed E-state index contributed by atoms with van der Waals surface area (Å²) in [6, 6.07) is 8.72. The lowest BCUT2D eigenvalue weighted by atomic mass is 10.2. The van der Waals surface area contributed by atoms with Crippen LogP contribution >= 0.6 is 23.6 Å². The quantitative estimate of drug-likeness (QED) is 0.599. The van der Waals surface area contributed by atoms with Crippen LogP contribution in [0, 0.1) is 0 Å². The smallest absolute Gasteiger partial charge is 0.169 e. The van der Waals surface area contributed by atoms with Crippen molar-refractivity contribution in [2.24, 2.45) is 0 Å². The average Bonchev–Trinajstić information content (AvgIpc) is 3.32. The van der Waals surface area contributed by atoms with Crippen molar-refractivity contribution >= 4 is 38.9 Å². The highest BCUT2D eigenvalue weighted by Crippen LogP contribution is 2.36. The normalized spacial score (nSPS) is 21.4. The van der Waals surface area contributed by atoms with Gasteiger partial charge in [-0.05, 0) is 37.2 Å². The number of thiazole rings is 1. The molecule has 7 heteroatoms. The summed E-state index contributed by atoms with van der Waals surface area (Å²) < 4.78 is 6.68. The number of hydrogen-bond acceptors (Lipinski definition) is 4. The minimum atomic E-state index is 0.331. The Morgan fingerprint density at radius 3 is 3.04 bits per heavy atom. The van der Waals surface area contributed by atoms with E-state index in [0.29, 0.717) is 6.04 Å². The fourth-order valence-electron chi connectivity index (χ4n) is 3.84. The third kappa shape index (κ3) is 4.17. The van der Waals surface area contributed by atoms with Crippen LogP contribution in [0.3, 0.4) is 0 Å². The maximum atomic E-state index is 5.71. The first kappa shape index (κ1) is 18.1. The van der Waals surface area contributed by atoms with Crippen LogP contribution in [0.25, 0.3) is 10.2 Å². The maximum Gasteiger partial charge on any atom is 0.169 e. The minimum absolute atomic E-state index is 0.331. The Morgan fingerprint density at radius 2 is 2.19 bits per heavy atom. The van der Waals surface area contributed by atoms with Gasteiger partial charge in [-0.15, -0.1) is 11.3 Å². The summed E-state index contributed by atoms with van der Waals surface area (Å²) in [5.41, 5.74) is 1.10. The van der Waals surface area contributed by atoms with Crippen molar-refractivity contribution in [2.45, 2.75) is 25.3 Å². The van der Waals surface area contributed by atoms with Crippen LogP contribution in [0.4, 0.5) is 0 Å². The molecule has 1 atom stereocenters. The fourth-order valence-corrected chi connectivity index (χ4v) is 5.28. The van der Waals surface area contributed by atoms with Crippen molar-refractivity contribution in [3.8, 4) is 0 Å². The SMILES string of the molecule is S=C(NCCC[NH+]1CCOCC1)N1CCC[C@H]1c1nc2ccccc2s1. The van der Waals surface area contributed by atoms with Crippen molar-refractivity contribution in [1.82, 2.24) is 15.2 Å². The maximum absolute atomic E-state index is 5.71. The van der Waals surface area contributed by atoms with E-state index in [1.54, 1.807) is 4.90 Å². The molecule has 0 amide bonds. The molecule has 0 spiro atoms. The monoisotopic (exact) mass is 391 g/mol. The number of hydrogen-bond donors (Lipinski definition) is 2. The van der Waals surface area contributed by atoms with Crippen molar-refractivity contribution in [1.29, 1.82) is 0 Å². The summed E-state index contributed by atoms with van der Waals surface area (Å²) in [6.07, 6.45) is 3.47. The topological polar surface area (TPSA) is 41.8 Å². The number of aromatic nitrogens is 1. The molecule has 0 aliphatic carbocycles. The molecule has 3 heterocycles. The van der Waals surface area contributed by atoms with Crippen LogP contribution in [-0.4, -0.2) is 60.9 Å². The lowest BCUT2D eigenvalue weighted by molar-refractivity contribution is -0.908. The van der Waals surface area contributed by atoms with Gasteiger partial charge in [-0.2, -0.15) is 0 Å². The van der Waals surface area contributed by atoms with Gasteiger partial charge in [0, 0.05) is 19.5 Å². The molecule has 0 bridgehead atoms. The zero-order valence-electron chi connectivity index (χ0n) is 15.1. The third-order valence-corrected chi connectivity index (χ3v) is 6.81. The first-order valence-electron chi connectivity index (χ1n) is 9.62. The van der Waals surface area contributed by atoms with Crippen molar-refractivity contribution < 1.29 is 9.64 Å². The van der Waals surface area contributed by atoms with E-state index >= 15 is 0 Å². The molecule has 2 aliphatic heterocycles. The molecule has 2 aliphatic rings. The van der Waals surface area contributed by atoms with Crippen LogP contribution in [-0.2, 0) is 4.74 Å². The highest BCUT2D eigenvalue weighted by molar-refractivity contribution is 7.80. The Morgan fingerprint density at radius 1 is 1.35 bits per heavy atom. The molecule has 1 aromatic heterocycles. The number of morpholine rings is 1. The van der Waals surface area contributed by atoms with Crippen LogP contribution in [0.5, 0.6) is 0 Å². The van der Waals surface area contributed by atoms with Gasteiger partial charge in [-0.1, -0.05) is 12.1 Å². The molecule has 0 saturated carbocycles. The van der Waals surface area contributed by atoms with E-state index in [0.717, 1.165) is 62.9 Å². The molecule has 2 aromatic rings. The lowest BCUT2D eigenvalue weighted by Gasteiger charge is -2.27. The van der Waals surface area contributed by atoms with Gasteiger partial charge < -0.3 is 19.9 Å². The van der Waals surface area contributed by atoms with E-state index in [-0.39, 0.29) is 0 Å².